The van der Waals surface area contributed by atoms with Gasteiger partial charge in [0.25, 0.3) is 0 Å². The molecule has 7 N–H and O–H groups in total. The average Bonchev–Trinajstić information content (AvgIpc) is 4.12. The fourth-order valence-electron chi connectivity index (χ4n) is 9.28. The van der Waals surface area contributed by atoms with Gasteiger partial charge in [-0.05, 0) is 146 Å². The summed E-state index contributed by atoms with van der Waals surface area (Å²) in [6.45, 7) is 9.71. The van der Waals surface area contributed by atoms with Crippen LogP contribution in [0.4, 0.5) is 28.4 Å². The van der Waals surface area contributed by atoms with Gasteiger partial charge in [-0.25, -0.2) is 0 Å². The van der Waals surface area contributed by atoms with Crippen LogP contribution in [-0.4, -0.2) is 56.6 Å². The summed E-state index contributed by atoms with van der Waals surface area (Å²) in [5.74, 6) is 1.63. The molecule has 5 unspecified atom stereocenters. The molecular formula is C52H65N7O4. The molecule has 11 nitrogen and oxygen atoms in total. The first-order valence-corrected chi connectivity index (χ1v) is 22.7. The highest BCUT2D eigenvalue weighted by Crippen LogP contribution is 2.49. The molecule has 332 valence electrons. The van der Waals surface area contributed by atoms with Crippen molar-refractivity contribution < 1.29 is 19.4 Å². The summed E-state index contributed by atoms with van der Waals surface area (Å²) in [5.41, 5.74) is 10.4. The molecule has 3 heterocycles. The van der Waals surface area contributed by atoms with Crippen LogP contribution in [0.3, 0.4) is 0 Å². The van der Waals surface area contributed by atoms with E-state index in [1.54, 1.807) is 14.2 Å². The normalized spacial score (nSPS) is 20.3. The molecule has 0 aromatic heterocycles. The SMILES string of the molecule is COc1ccc(CNc2ccc(C3CCC(c4ccc(NCc5ccc(OC)cc5)c(NC(O)C5CCCN5)c4)N3c3ccc(C(C)(C)C)cc3)cc2NC(=O)C2CCCN2)cc1. The summed E-state index contributed by atoms with van der Waals surface area (Å²) in [6.07, 6.45) is 4.86. The molecule has 3 saturated heterocycles. The second-order valence-corrected chi connectivity index (χ2v) is 18.3. The van der Waals surface area contributed by atoms with E-state index >= 15 is 0 Å². The smallest absolute Gasteiger partial charge is 0.241 e. The van der Waals surface area contributed by atoms with Crippen LogP contribution in [0.5, 0.6) is 11.5 Å². The summed E-state index contributed by atoms with van der Waals surface area (Å²) in [7, 11) is 3.35. The Balaban J connectivity index is 1.13. The van der Waals surface area contributed by atoms with Crippen molar-refractivity contribution in [2.45, 2.75) is 108 Å². The summed E-state index contributed by atoms with van der Waals surface area (Å²) in [6, 6.07) is 38.2. The summed E-state index contributed by atoms with van der Waals surface area (Å²) in [5, 5.41) is 32.4. The molecule has 3 fully saturated rings. The molecule has 0 saturated carbocycles. The average molecular weight is 852 g/mol. The van der Waals surface area contributed by atoms with Gasteiger partial charge in [0.1, 0.15) is 17.7 Å². The number of anilines is 5. The maximum atomic E-state index is 13.7. The number of methoxy groups -OCH3 is 2. The maximum Gasteiger partial charge on any atom is 0.241 e. The number of aliphatic hydroxyl groups excluding tert-OH is 1. The zero-order chi connectivity index (χ0) is 43.9. The van der Waals surface area contributed by atoms with Gasteiger partial charge in [0.05, 0.1) is 61.1 Å². The number of benzene rings is 5. The molecule has 5 atom stereocenters. The van der Waals surface area contributed by atoms with Crippen molar-refractivity contribution in [2.75, 3.05) is 53.5 Å². The lowest BCUT2D eigenvalue weighted by atomic mass is 9.87. The zero-order valence-electron chi connectivity index (χ0n) is 37.5. The number of carbonyl (C=O) groups is 1. The first kappa shape index (κ1) is 43.9. The Morgan fingerprint density at radius 1 is 0.683 bits per heavy atom. The molecule has 0 aliphatic carbocycles. The number of ether oxygens (including phenoxy) is 2. The van der Waals surface area contributed by atoms with Crippen molar-refractivity contribution >= 4 is 34.3 Å². The lowest BCUT2D eigenvalue weighted by molar-refractivity contribution is -0.117. The van der Waals surface area contributed by atoms with E-state index in [9.17, 15) is 9.90 Å². The third-order valence-electron chi connectivity index (χ3n) is 13.0. The van der Waals surface area contributed by atoms with Gasteiger partial charge in [-0.2, -0.15) is 0 Å². The molecule has 0 bridgehead atoms. The highest BCUT2D eigenvalue weighted by Gasteiger charge is 2.37. The van der Waals surface area contributed by atoms with Crippen molar-refractivity contribution in [1.29, 1.82) is 0 Å². The van der Waals surface area contributed by atoms with E-state index in [1.807, 2.05) is 24.3 Å². The quantitative estimate of drug-likeness (QED) is 0.0482. The minimum Gasteiger partial charge on any atom is -0.497 e. The van der Waals surface area contributed by atoms with Gasteiger partial charge in [0.15, 0.2) is 0 Å². The van der Waals surface area contributed by atoms with Gasteiger partial charge in [-0.1, -0.05) is 69.3 Å². The second kappa shape index (κ2) is 19.7. The van der Waals surface area contributed by atoms with E-state index in [1.165, 1.54) is 11.1 Å². The van der Waals surface area contributed by atoms with Crippen molar-refractivity contribution in [1.82, 2.24) is 10.6 Å². The van der Waals surface area contributed by atoms with E-state index < -0.39 is 6.23 Å². The Kier molecular flexibility index (Phi) is 13.8. The fraction of sp³-hybridized carbons (Fsp3) is 0.404. The highest BCUT2D eigenvalue weighted by atomic mass is 16.5. The number of carbonyl (C=O) groups excluding carboxylic acids is 1. The first-order chi connectivity index (χ1) is 30.6. The van der Waals surface area contributed by atoms with Gasteiger partial charge in [0.2, 0.25) is 5.91 Å². The summed E-state index contributed by atoms with van der Waals surface area (Å²) < 4.78 is 10.8. The third-order valence-corrected chi connectivity index (χ3v) is 13.0. The fourth-order valence-corrected chi connectivity index (χ4v) is 9.28. The largest absolute Gasteiger partial charge is 0.497 e. The molecule has 11 heteroatoms. The maximum absolute atomic E-state index is 13.7. The van der Waals surface area contributed by atoms with Crippen LogP contribution in [0.25, 0.3) is 0 Å². The molecule has 1 amide bonds. The molecule has 3 aliphatic heterocycles. The third kappa shape index (κ3) is 10.6. The number of hydrogen-bond donors (Lipinski definition) is 7. The van der Waals surface area contributed by atoms with E-state index in [0.717, 1.165) is 108 Å². The summed E-state index contributed by atoms with van der Waals surface area (Å²) in [4.78, 5) is 16.3. The molecule has 5 aromatic rings. The standard InChI is InChI=1S/C52H65N7O4/c1-52(2,3)38-16-18-39(19-17-38)59-48(36-14-24-42(55-32-34-10-20-40(62-4)21-11-34)46(30-36)57-50(60)44-8-6-28-53-44)26-27-49(59)37-15-25-43(56-33-35-12-22-41(63-5)23-13-35)47(31-37)58-51(61)45-9-7-29-54-45/h10-25,30-31,44-45,48-50,53-57,60H,6-9,26-29,32-33H2,1-5H3,(H,58,61). The number of nitrogens with one attached hydrogen (secondary N) is 6. The number of hydrogen-bond acceptors (Lipinski definition) is 10. The van der Waals surface area contributed by atoms with Crippen LogP contribution >= 0.6 is 0 Å². The number of rotatable bonds is 16. The van der Waals surface area contributed by atoms with Crippen molar-refractivity contribution in [3.8, 4) is 11.5 Å². The second-order valence-electron chi connectivity index (χ2n) is 18.3. The monoisotopic (exact) mass is 852 g/mol. The Morgan fingerprint density at radius 2 is 1.22 bits per heavy atom. The zero-order valence-corrected chi connectivity index (χ0v) is 37.5. The Labute approximate surface area is 373 Å². The molecule has 5 aromatic carbocycles. The van der Waals surface area contributed by atoms with Crippen LogP contribution in [-0.2, 0) is 23.3 Å². The van der Waals surface area contributed by atoms with Crippen molar-refractivity contribution in [2.24, 2.45) is 0 Å². The van der Waals surface area contributed by atoms with E-state index in [4.69, 9.17) is 9.47 Å². The molecule has 0 spiro atoms. The Hall–Kier alpha value is -5.75. The van der Waals surface area contributed by atoms with E-state index in [2.05, 4.69) is 143 Å². The van der Waals surface area contributed by atoms with Gasteiger partial charge >= 0.3 is 0 Å². The Bertz CT molecular complexity index is 2280. The van der Waals surface area contributed by atoms with E-state index in [-0.39, 0.29) is 35.5 Å². The Morgan fingerprint density at radius 3 is 1.73 bits per heavy atom. The molecule has 63 heavy (non-hydrogen) atoms. The minimum absolute atomic E-state index is 0.00761. The van der Waals surface area contributed by atoms with Gasteiger partial charge in [0, 0.05) is 18.8 Å². The topological polar surface area (TPSA) is 131 Å². The van der Waals surface area contributed by atoms with E-state index in [0.29, 0.717) is 13.1 Å². The predicted octanol–water partition coefficient (Wildman–Crippen LogP) is 9.48. The number of nitrogens with zero attached hydrogens (tertiary/aromatic N) is 1. The molecule has 3 aliphatic rings. The summed E-state index contributed by atoms with van der Waals surface area (Å²) >= 11 is 0. The first-order valence-electron chi connectivity index (χ1n) is 22.7. The lowest BCUT2D eigenvalue weighted by Gasteiger charge is -2.35. The molecule has 0 radical (unpaired) electrons. The van der Waals surface area contributed by atoms with Gasteiger partial charge in [-0.15, -0.1) is 0 Å². The van der Waals surface area contributed by atoms with Crippen LogP contribution in [0, 0.1) is 0 Å². The van der Waals surface area contributed by atoms with Crippen LogP contribution in [0.1, 0.15) is 99.2 Å². The molecular weight excluding hydrogens is 787 g/mol. The van der Waals surface area contributed by atoms with Crippen LogP contribution in [0.15, 0.2) is 109 Å². The predicted molar refractivity (Wildman–Crippen MR) is 256 cm³/mol. The van der Waals surface area contributed by atoms with Crippen LogP contribution in [0.2, 0.25) is 0 Å². The number of amides is 1. The minimum atomic E-state index is -0.744. The van der Waals surface area contributed by atoms with Crippen molar-refractivity contribution in [3.63, 3.8) is 0 Å². The molecule has 8 rings (SSSR count). The van der Waals surface area contributed by atoms with Gasteiger partial charge in [-0.3, -0.25) is 4.79 Å². The number of aliphatic hydroxyl groups is 1. The lowest BCUT2D eigenvalue weighted by Crippen LogP contribution is -2.40. The van der Waals surface area contributed by atoms with Gasteiger partial charge < -0.3 is 51.4 Å². The highest BCUT2D eigenvalue weighted by molar-refractivity contribution is 5.98. The van der Waals surface area contributed by atoms with Crippen molar-refractivity contribution in [3.05, 3.63) is 137 Å². The van der Waals surface area contributed by atoms with Crippen LogP contribution < -0.4 is 46.3 Å².